The van der Waals surface area contributed by atoms with E-state index in [1.807, 2.05) is 45.0 Å². The monoisotopic (exact) mass is 508 g/mol. The molecule has 1 N–H and O–H groups in total. The van der Waals surface area contributed by atoms with Gasteiger partial charge >= 0.3 is 0 Å². The van der Waals surface area contributed by atoms with Gasteiger partial charge in [-0.1, -0.05) is 36.1 Å². The Labute approximate surface area is 218 Å². The molecule has 2 heterocycles. The second kappa shape index (κ2) is 12.3. The van der Waals surface area contributed by atoms with E-state index in [1.165, 1.54) is 4.90 Å². The molecule has 0 bridgehead atoms. The summed E-state index contributed by atoms with van der Waals surface area (Å²) in [6.45, 7) is 10.7. The molecule has 1 amide bonds. The number of likely N-dealkylation sites (tertiary alicyclic amines) is 1. The summed E-state index contributed by atoms with van der Waals surface area (Å²) in [5.74, 6) is -0.644. The van der Waals surface area contributed by atoms with E-state index in [0.717, 1.165) is 32.8 Å². The molecule has 0 radical (unpaired) electrons. The van der Waals surface area contributed by atoms with Gasteiger partial charge in [-0.25, -0.2) is 0 Å². The zero-order chi connectivity index (χ0) is 26.4. The molecule has 4 rings (SSSR count). The molecule has 0 spiro atoms. The number of ether oxygens (including phenoxy) is 3. The number of rotatable bonds is 10. The summed E-state index contributed by atoms with van der Waals surface area (Å²) in [6.07, 6.45) is 0.710. The van der Waals surface area contributed by atoms with Gasteiger partial charge in [0.05, 0.1) is 38.5 Å². The molecule has 0 aromatic heterocycles. The van der Waals surface area contributed by atoms with Crippen molar-refractivity contribution in [2.45, 2.75) is 39.3 Å². The first-order valence-electron chi connectivity index (χ1n) is 13.1. The molecule has 1 unspecified atom stereocenters. The van der Waals surface area contributed by atoms with Gasteiger partial charge in [-0.15, -0.1) is 0 Å². The minimum atomic E-state index is -0.804. The predicted molar refractivity (Wildman–Crippen MR) is 137 cm³/mol. The second-order valence-corrected chi connectivity index (χ2v) is 9.60. The summed E-state index contributed by atoms with van der Waals surface area (Å²) in [4.78, 5) is 29.6. The van der Waals surface area contributed by atoms with Crippen LogP contribution in [-0.4, -0.2) is 68.7 Å². The molecule has 2 aliphatic rings. The Morgan fingerprint density at radius 1 is 1.11 bits per heavy atom. The Kier molecular flexibility index (Phi) is 8.84. The lowest BCUT2D eigenvalue weighted by molar-refractivity contribution is -0.908. The third-order valence-corrected chi connectivity index (χ3v) is 6.66. The Morgan fingerprint density at radius 3 is 2.49 bits per heavy atom. The number of quaternary nitrogens is 1. The molecule has 198 valence electrons. The standard InChI is InChI=1S/C29H36N2O6/c1-4-36-24-9-6-5-8-23(24)26-25(27(32)21-10-12-22(13-11-21)37-20(2)3)28(33)29(34)31(26)15-7-14-30-16-18-35-19-17-30/h5-6,8-13,20,26,32H,4,7,14-19H2,1-3H3/b27-25+. The summed E-state index contributed by atoms with van der Waals surface area (Å²) in [5, 5.41) is 13.7. The van der Waals surface area contributed by atoms with Crippen molar-refractivity contribution in [3.8, 4) is 11.5 Å². The van der Waals surface area contributed by atoms with Gasteiger partial charge in [0.1, 0.15) is 24.6 Å². The average molecular weight is 509 g/mol. The maximum absolute atomic E-state index is 13.7. The summed E-state index contributed by atoms with van der Waals surface area (Å²) in [5.41, 5.74) is 0.949. The quantitative estimate of drug-likeness (QED) is 0.296. The van der Waals surface area contributed by atoms with Crippen LogP contribution in [0.3, 0.4) is 0 Å². The minimum absolute atomic E-state index is 0.00253. The number of carbonyl (C=O) groups is 2. The molecule has 37 heavy (non-hydrogen) atoms. The van der Waals surface area contributed by atoms with Crippen molar-refractivity contribution in [3.05, 3.63) is 65.2 Å². The van der Waals surface area contributed by atoms with Crippen LogP contribution in [0.5, 0.6) is 11.5 Å². The van der Waals surface area contributed by atoms with Crippen molar-refractivity contribution in [1.29, 1.82) is 0 Å². The van der Waals surface area contributed by atoms with E-state index in [0.29, 0.717) is 42.2 Å². The first-order valence-corrected chi connectivity index (χ1v) is 13.1. The lowest BCUT2D eigenvalue weighted by atomic mass is 9.94. The SMILES string of the molecule is CCOc1ccccc1C1/C(=C(\[O-])c2ccc(OC(C)C)cc2)C(=O)C(=O)N1CCC[NH+]1CCOCC1. The summed E-state index contributed by atoms with van der Waals surface area (Å²) in [6, 6.07) is 13.2. The zero-order valence-corrected chi connectivity index (χ0v) is 21.8. The largest absolute Gasteiger partial charge is 0.872 e. The topological polar surface area (TPSA) is 92.6 Å². The van der Waals surface area contributed by atoms with Crippen molar-refractivity contribution in [3.63, 3.8) is 0 Å². The number of Topliss-reactive ketones (excluding diaryl/α,β-unsaturated/α-hetero) is 1. The van der Waals surface area contributed by atoms with E-state index in [-0.39, 0.29) is 11.7 Å². The lowest BCUT2D eigenvalue weighted by Crippen LogP contribution is -3.14. The van der Waals surface area contributed by atoms with Crippen LogP contribution in [0, 0.1) is 0 Å². The summed E-state index contributed by atoms with van der Waals surface area (Å²) < 4.78 is 17.0. The van der Waals surface area contributed by atoms with Crippen molar-refractivity contribution >= 4 is 17.4 Å². The number of nitrogens with one attached hydrogen (secondary N) is 1. The van der Waals surface area contributed by atoms with Crippen LogP contribution in [0.4, 0.5) is 0 Å². The summed E-state index contributed by atoms with van der Waals surface area (Å²) >= 11 is 0. The highest BCUT2D eigenvalue weighted by atomic mass is 16.5. The fourth-order valence-electron chi connectivity index (χ4n) is 4.94. The third-order valence-electron chi connectivity index (χ3n) is 6.66. The molecule has 2 aromatic carbocycles. The van der Waals surface area contributed by atoms with E-state index in [4.69, 9.17) is 14.2 Å². The Bertz CT molecular complexity index is 1120. The molecular weight excluding hydrogens is 472 g/mol. The molecule has 2 aliphatic heterocycles. The Morgan fingerprint density at radius 2 is 1.81 bits per heavy atom. The minimum Gasteiger partial charge on any atom is -0.872 e. The van der Waals surface area contributed by atoms with E-state index < -0.39 is 23.5 Å². The molecule has 0 saturated carbocycles. The molecule has 8 nitrogen and oxygen atoms in total. The number of amides is 1. The van der Waals surface area contributed by atoms with Crippen molar-refractivity contribution in [1.82, 2.24) is 4.90 Å². The highest BCUT2D eigenvalue weighted by Crippen LogP contribution is 2.42. The van der Waals surface area contributed by atoms with E-state index >= 15 is 0 Å². The Hall–Kier alpha value is -3.36. The van der Waals surface area contributed by atoms with E-state index in [9.17, 15) is 14.7 Å². The lowest BCUT2D eigenvalue weighted by Gasteiger charge is -2.29. The van der Waals surface area contributed by atoms with Gasteiger partial charge in [-0.3, -0.25) is 9.59 Å². The summed E-state index contributed by atoms with van der Waals surface area (Å²) in [7, 11) is 0. The maximum atomic E-state index is 13.7. The van der Waals surface area contributed by atoms with Crippen molar-refractivity contribution in [2.75, 3.05) is 46.0 Å². The first kappa shape index (κ1) is 26.7. The number of carbonyl (C=O) groups excluding carboxylic acids is 2. The van der Waals surface area contributed by atoms with Crippen LogP contribution in [0.15, 0.2) is 54.1 Å². The van der Waals surface area contributed by atoms with Crippen LogP contribution >= 0.6 is 0 Å². The van der Waals surface area contributed by atoms with Crippen molar-refractivity contribution < 1.29 is 33.8 Å². The molecule has 1 atom stereocenters. The molecule has 2 aromatic rings. The second-order valence-electron chi connectivity index (χ2n) is 9.60. The van der Waals surface area contributed by atoms with Crippen LogP contribution in [0.25, 0.3) is 5.76 Å². The highest BCUT2D eigenvalue weighted by Gasteiger charge is 2.45. The fraction of sp³-hybridized carbons (Fsp3) is 0.448. The Balaban J connectivity index is 1.69. The molecular formula is C29H36N2O6. The van der Waals surface area contributed by atoms with Crippen LogP contribution in [-0.2, 0) is 14.3 Å². The number of benzene rings is 2. The van der Waals surface area contributed by atoms with Gasteiger partial charge in [0, 0.05) is 24.1 Å². The predicted octanol–water partition coefficient (Wildman–Crippen LogP) is 1.40. The van der Waals surface area contributed by atoms with Gasteiger partial charge < -0.3 is 29.1 Å². The van der Waals surface area contributed by atoms with Gasteiger partial charge in [0.25, 0.3) is 5.91 Å². The van der Waals surface area contributed by atoms with Crippen LogP contribution in [0.1, 0.15) is 44.4 Å². The first-order chi connectivity index (χ1) is 17.9. The number of morpholine rings is 1. The molecule has 8 heteroatoms. The zero-order valence-electron chi connectivity index (χ0n) is 21.8. The van der Waals surface area contributed by atoms with Gasteiger partial charge in [-0.05, 0) is 44.5 Å². The number of para-hydroxylation sites is 1. The average Bonchev–Trinajstić information content (AvgIpc) is 3.14. The molecule has 2 saturated heterocycles. The van der Waals surface area contributed by atoms with Crippen LogP contribution in [0.2, 0.25) is 0 Å². The number of ketones is 1. The van der Waals surface area contributed by atoms with Crippen molar-refractivity contribution in [2.24, 2.45) is 0 Å². The molecule has 0 aliphatic carbocycles. The highest BCUT2D eigenvalue weighted by molar-refractivity contribution is 6.46. The van der Waals surface area contributed by atoms with E-state index in [2.05, 4.69) is 0 Å². The number of hydrogen-bond acceptors (Lipinski definition) is 6. The van der Waals surface area contributed by atoms with Gasteiger partial charge in [-0.2, -0.15) is 0 Å². The van der Waals surface area contributed by atoms with Gasteiger partial charge in [0.2, 0.25) is 5.78 Å². The normalized spacial score (nSPS) is 20.0. The number of nitrogens with zero attached hydrogens (tertiary/aromatic N) is 1. The smallest absolute Gasteiger partial charge is 0.295 e. The van der Waals surface area contributed by atoms with E-state index in [1.54, 1.807) is 29.2 Å². The fourth-order valence-corrected chi connectivity index (χ4v) is 4.94. The maximum Gasteiger partial charge on any atom is 0.295 e. The van der Waals surface area contributed by atoms with Crippen LogP contribution < -0.4 is 19.5 Å². The third kappa shape index (κ3) is 6.14. The van der Waals surface area contributed by atoms with Gasteiger partial charge in [0.15, 0.2) is 0 Å². The number of hydrogen-bond donors (Lipinski definition) is 1. The molecule has 2 fully saturated rings.